The molecule has 0 aliphatic rings. The predicted octanol–water partition coefficient (Wildman–Crippen LogP) is 4.07. The topological polar surface area (TPSA) is 48.8 Å². The Balaban J connectivity index is 2.30. The Labute approximate surface area is 117 Å². The molecule has 0 aliphatic heterocycles. The number of nitriles is 1. The lowest BCUT2D eigenvalue weighted by Crippen LogP contribution is -2.05. The molecule has 0 saturated carbocycles. The normalized spacial score (nSPS) is 10.2. The maximum atomic E-state index is 8.85. The van der Waals surface area contributed by atoms with E-state index in [0.29, 0.717) is 10.2 Å². The molecule has 0 amide bonds. The molecule has 1 aromatic heterocycles. The van der Waals surface area contributed by atoms with Gasteiger partial charge in [0.1, 0.15) is 16.5 Å². The molecule has 0 saturated heterocycles. The van der Waals surface area contributed by atoms with E-state index < -0.39 is 0 Å². The molecule has 0 spiro atoms. The van der Waals surface area contributed by atoms with Crippen LogP contribution in [0.1, 0.15) is 19.4 Å². The van der Waals surface area contributed by atoms with E-state index in [1.807, 2.05) is 50.2 Å². The standard InChI is InChI=1S/C15H14N2OS/c1-10(2)18-13-6-3-11(4-7-13)14-8-5-12(9-16)15(19)17-14/h3-8,10H,1-2H3,(H,17,19). The SMILES string of the molecule is CC(C)Oc1ccc(-c2ccc(C#N)c(=S)[nH]2)cc1. The molecule has 1 N–H and O–H groups in total. The largest absolute Gasteiger partial charge is 0.491 e. The summed E-state index contributed by atoms with van der Waals surface area (Å²) in [4.78, 5) is 3.05. The minimum atomic E-state index is 0.159. The third-order valence-electron chi connectivity index (χ3n) is 2.57. The van der Waals surface area contributed by atoms with Gasteiger partial charge in [-0.2, -0.15) is 5.26 Å². The number of ether oxygens (including phenoxy) is 1. The molecule has 1 aromatic carbocycles. The van der Waals surface area contributed by atoms with Gasteiger partial charge in [0.2, 0.25) is 0 Å². The van der Waals surface area contributed by atoms with Crippen LogP contribution in [0.5, 0.6) is 5.75 Å². The molecular formula is C15H14N2OS. The van der Waals surface area contributed by atoms with Crippen molar-refractivity contribution >= 4 is 12.2 Å². The van der Waals surface area contributed by atoms with Crippen LogP contribution in [0.15, 0.2) is 36.4 Å². The van der Waals surface area contributed by atoms with E-state index in [4.69, 9.17) is 22.2 Å². The summed E-state index contributed by atoms with van der Waals surface area (Å²) in [6.45, 7) is 3.98. The van der Waals surface area contributed by atoms with Crippen molar-refractivity contribution in [2.24, 2.45) is 0 Å². The molecule has 0 atom stereocenters. The fourth-order valence-electron chi connectivity index (χ4n) is 1.72. The Morgan fingerprint density at radius 1 is 1.16 bits per heavy atom. The third-order valence-corrected chi connectivity index (χ3v) is 2.89. The molecule has 1 heterocycles. The Hall–Kier alpha value is -2.12. The zero-order valence-electron chi connectivity index (χ0n) is 10.8. The Kier molecular flexibility index (Phi) is 3.98. The highest BCUT2D eigenvalue weighted by atomic mass is 32.1. The average molecular weight is 270 g/mol. The molecule has 19 heavy (non-hydrogen) atoms. The second-order valence-electron chi connectivity index (χ2n) is 4.42. The highest BCUT2D eigenvalue weighted by Crippen LogP contribution is 2.21. The number of H-pyrrole nitrogens is 1. The van der Waals surface area contributed by atoms with Crippen LogP contribution in [0.4, 0.5) is 0 Å². The predicted molar refractivity (Wildman–Crippen MR) is 77.5 cm³/mol. The fourth-order valence-corrected chi connectivity index (χ4v) is 1.94. The van der Waals surface area contributed by atoms with Gasteiger partial charge in [-0.3, -0.25) is 0 Å². The second kappa shape index (κ2) is 5.68. The number of rotatable bonds is 3. The first-order chi connectivity index (χ1) is 9.10. The van der Waals surface area contributed by atoms with Crippen LogP contribution >= 0.6 is 12.2 Å². The molecule has 0 fully saturated rings. The molecule has 96 valence electrons. The van der Waals surface area contributed by atoms with Gasteiger partial charge in [0.15, 0.2) is 0 Å². The second-order valence-corrected chi connectivity index (χ2v) is 4.83. The van der Waals surface area contributed by atoms with Crippen molar-refractivity contribution in [1.82, 2.24) is 4.98 Å². The van der Waals surface area contributed by atoms with Gasteiger partial charge >= 0.3 is 0 Å². The van der Waals surface area contributed by atoms with Gasteiger partial charge in [0, 0.05) is 5.69 Å². The summed E-state index contributed by atoms with van der Waals surface area (Å²) in [6, 6.07) is 13.4. The minimum Gasteiger partial charge on any atom is -0.491 e. The minimum absolute atomic E-state index is 0.159. The van der Waals surface area contributed by atoms with Gasteiger partial charge < -0.3 is 9.72 Å². The van der Waals surface area contributed by atoms with E-state index >= 15 is 0 Å². The number of benzene rings is 1. The van der Waals surface area contributed by atoms with Crippen LogP contribution in [0.3, 0.4) is 0 Å². The van der Waals surface area contributed by atoms with Crippen LogP contribution in [0.25, 0.3) is 11.3 Å². The summed E-state index contributed by atoms with van der Waals surface area (Å²) in [7, 11) is 0. The van der Waals surface area contributed by atoms with E-state index in [0.717, 1.165) is 17.0 Å². The summed E-state index contributed by atoms with van der Waals surface area (Å²) in [6.07, 6.45) is 0.159. The monoisotopic (exact) mass is 270 g/mol. The van der Waals surface area contributed by atoms with E-state index in [9.17, 15) is 0 Å². The molecule has 3 nitrogen and oxygen atoms in total. The smallest absolute Gasteiger partial charge is 0.121 e. The van der Waals surface area contributed by atoms with Gasteiger partial charge in [0.05, 0.1) is 11.7 Å². The van der Waals surface area contributed by atoms with Crippen molar-refractivity contribution < 1.29 is 4.74 Å². The number of nitrogens with one attached hydrogen (secondary N) is 1. The van der Waals surface area contributed by atoms with Crippen molar-refractivity contribution in [2.45, 2.75) is 20.0 Å². The van der Waals surface area contributed by atoms with Gasteiger partial charge in [-0.1, -0.05) is 12.2 Å². The summed E-state index contributed by atoms with van der Waals surface area (Å²) >= 11 is 5.12. The van der Waals surface area contributed by atoms with Crippen molar-refractivity contribution in [3.05, 3.63) is 46.6 Å². The van der Waals surface area contributed by atoms with E-state index in [1.54, 1.807) is 6.07 Å². The molecule has 0 bridgehead atoms. The van der Waals surface area contributed by atoms with Gasteiger partial charge in [-0.05, 0) is 55.8 Å². The lowest BCUT2D eigenvalue weighted by Gasteiger charge is -2.10. The molecule has 0 unspecified atom stereocenters. The van der Waals surface area contributed by atoms with Crippen LogP contribution < -0.4 is 4.74 Å². The Morgan fingerprint density at radius 2 is 1.84 bits per heavy atom. The number of aromatic nitrogens is 1. The quantitative estimate of drug-likeness (QED) is 0.855. The first kappa shape index (κ1) is 13.3. The molecule has 4 heteroatoms. The molecular weight excluding hydrogens is 256 g/mol. The molecule has 0 aliphatic carbocycles. The lowest BCUT2D eigenvalue weighted by molar-refractivity contribution is 0.242. The van der Waals surface area contributed by atoms with Crippen LogP contribution in [-0.4, -0.2) is 11.1 Å². The van der Waals surface area contributed by atoms with Gasteiger partial charge in [0.25, 0.3) is 0 Å². The molecule has 2 rings (SSSR count). The van der Waals surface area contributed by atoms with Crippen molar-refractivity contribution in [1.29, 1.82) is 5.26 Å². The first-order valence-electron chi connectivity index (χ1n) is 6.00. The van der Waals surface area contributed by atoms with Crippen LogP contribution in [-0.2, 0) is 0 Å². The van der Waals surface area contributed by atoms with Crippen molar-refractivity contribution in [3.63, 3.8) is 0 Å². The molecule has 2 aromatic rings. The summed E-state index contributed by atoms with van der Waals surface area (Å²) in [5.74, 6) is 0.839. The zero-order chi connectivity index (χ0) is 13.8. The first-order valence-corrected chi connectivity index (χ1v) is 6.41. The third kappa shape index (κ3) is 3.21. The number of hydrogen-bond donors (Lipinski definition) is 1. The highest BCUT2D eigenvalue weighted by Gasteiger charge is 2.02. The maximum absolute atomic E-state index is 8.85. The van der Waals surface area contributed by atoms with Crippen LogP contribution in [0, 0.1) is 16.0 Å². The average Bonchev–Trinajstić information content (AvgIpc) is 2.39. The maximum Gasteiger partial charge on any atom is 0.121 e. The number of nitrogens with zero attached hydrogens (tertiary/aromatic N) is 1. The van der Waals surface area contributed by atoms with Gasteiger partial charge in [-0.15, -0.1) is 0 Å². The summed E-state index contributed by atoms with van der Waals surface area (Å²) < 4.78 is 6.05. The lowest BCUT2D eigenvalue weighted by atomic mass is 10.1. The van der Waals surface area contributed by atoms with E-state index in [-0.39, 0.29) is 6.10 Å². The van der Waals surface area contributed by atoms with Crippen molar-refractivity contribution in [2.75, 3.05) is 0 Å². The number of hydrogen-bond acceptors (Lipinski definition) is 3. The fraction of sp³-hybridized carbons (Fsp3) is 0.200. The van der Waals surface area contributed by atoms with Gasteiger partial charge in [-0.25, -0.2) is 0 Å². The summed E-state index contributed by atoms with van der Waals surface area (Å²) in [5.41, 5.74) is 2.38. The van der Waals surface area contributed by atoms with E-state index in [1.165, 1.54) is 0 Å². The van der Waals surface area contributed by atoms with Crippen LogP contribution in [0.2, 0.25) is 0 Å². The highest BCUT2D eigenvalue weighted by molar-refractivity contribution is 7.71. The summed E-state index contributed by atoms with van der Waals surface area (Å²) in [5, 5.41) is 8.85. The van der Waals surface area contributed by atoms with E-state index in [2.05, 4.69) is 4.98 Å². The Bertz CT molecular complexity index is 666. The number of aromatic amines is 1. The number of pyridine rings is 1. The molecule has 0 radical (unpaired) electrons. The Morgan fingerprint density at radius 3 is 2.37 bits per heavy atom. The van der Waals surface area contributed by atoms with Crippen molar-refractivity contribution in [3.8, 4) is 23.1 Å². The zero-order valence-corrected chi connectivity index (χ0v) is 11.6.